The van der Waals surface area contributed by atoms with Crippen LogP contribution in [-0.4, -0.2) is 25.0 Å². The largest absolute Gasteiger partial charge is 0.356 e. The summed E-state index contributed by atoms with van der Waals surface area (Å²) in [6.45, 7) is 9.43. The van der Waals surface area contributed by atoms with E-state index in [9.17, 15) is 0 Å². The first kappa shape index (κ1) is 13.5. The number of nitrogens with zero attached hydrogens (tertiary/aromatic N) is 4. The van der Waals surface area contributed by atoms with Gasteiger partial charge in [0.05, 0.1) is 5.69 Å². The third kappa shape index (κ3) is 2.70. The number of nitrogens with one attached hydrogen (secondary N) is 1. The van der Waals surface area contributed by atoms with Gasteiger partial charge in [0.1, 0.15) is 11.6 Å². The number of anilines is 1. The minimum Gasteiger partial charge on any atom is -0.356 e. The molecule has 2 aromatic heterocycles. The van der Waals surface area contributed by atoms with Gasteiger partial charge in [0.25, 0.3) is 0 Å². The molecule has 3 rings (SSSR count). The lowest BCUT2D eigenvalue weighted by atomic mass is 9.96. The Morgan fingerprint density at radius 3 is 2.85 bits per heavy atom. The van der Waals surface area contributed by atoms with Crippen LogP contribution in [0.15, 0.2) is 6.20 Å². The third-order valence-electron chi connectivity index (χ3n) is 3.54. The van der Waals surface area contributed by atoms with E-state index in [1.807, 2.05) is 6.92 Å². The Hall–Kier alpha value is -1.43. The van der Waals surface area contributed by atoms with Gasteiger partial charge in [-0.25, -0.2) is 9.97 Å². The van der Waals surface area contributed by atoms with Gasteiger partial charge >= 0.3 is 0 Å². The molecule has 1 unspecified atom stereocenters. The van der Waals surface area contributed by atoms with Crippen molar-refractivity contribution in [3.05, 3.63) is 23.5 Å². The van der Waals surface area contributed by atoms with Crippen molar-refractivity contribution in [3.8, 4) is 0 Å². The highest BCUT2D eigenvalue weighted by molar-refractivity contribution is 7.09. The Morgan fingerprint density at radius 2 is 2.15 bits per heavy atom. The summed E-state index contributed by atoms with van der Waals surface area (Å²) in [5.41, 5.74) is 1.11. The monoisotopic (exact) mass is 291 g/mol. The Labute approximate surface area is 123 Å². The molecule has 3 heterocycles. The van der Waals surface area contributed by atoms with Gasteiger partial charge in [0, 0.05) is 42.2 Å². The molecular weight excluding hydrogens is 270 g/mol. The summed E-state index contributed by atoms with van der Waals surface area (Å²) in [6, 6.07) is 0.414. The Morgan fingerprint density at radius 1 is 1.35 bits per heavy atom. The van der Waals surface area contributed by atoms with Crippen LogP contribution < -0.4 is 5.32 Å². The zero-order chi connectivity index (χ0) is 14.3. The Kier molecular flexibility index (Phi) is 3.28. The number of rotatable bonds is 2. The van der Waals surface area contributed by atoms with Gasteiger partial charge in [-0.3, -0.25) is 0 Å². The van der Waals surface area contributed by atoms with E-state index in [1.165, 1.54) is 17.4 Å². The second-order valence-electron chi connectivity index (χ2n) is 6.50. The van der Waals surface area contributed by atoms with Crippen molar-refractivity contribution >= 4 is 16.7 Å². The summed E-state index contributed by atoms with van der Waals surface area (Å²) < 4.78 is 6.70. The molecule has 1 atom stereocenters. The van der Waals surface area contributed by atoms with Crippen molar-refractivity contribution in [2.45, 2.75) is 58.5 Å². The van der Waals surface area contributed by atoms with Crippen LogP contribution in [-0.2, 0) is 18.4 Å². The molecule has 108 valence electrons. The molecule has 0 bridgehead atoms. The first-order valence-electron chi connectivity index (χ1n) is 7.05. The minimum atomic E-state index is 0.0115. The fraction of sp³-hybridized carbons (Fsp3) is 0.643. The maximum Gasteiger partial charge on any atom is 0.202 e. The zero-order valence-corrected chi connectivity index (χ0v) is 13.3. The predicted octanol–water partition coefficient (Wildman–Crippen LogP) is 2.77. The van der Waals surface area contributed by atoms with Crippen molar-refractivity contribution in [2.75, 3.05) is 5.32 Å². The van der Waals surface area contributed by atoms with Crippen molar-refractivity contribution in [1.82, 2.24) is 18.9 Å². The Balaban J connectivity index is 1.69. The minimum absolute atomic E-state index is 0.0115. The zero-order valence-electron chi connectivity index (χ0n) is 12.5. The lowest BCUT2D eigenvalue weighted by Gasteiger charge is -2.24. The summed E-state index contributed by atoms with van der Waals surface area (Å²) in [5, 5.41) is 4.45. The maximum absolute atomic E-state index is 4.61. The second kappa shape index (κ2) is 4.84. The fourth-order valence-corrected chi connectivity index (χ4v) is 3.30. The molecule has 5 nitrogen and oxygen atoms in total. The van der Waals surface area contributed by atoms with E-state index in [4.69, 9.17) is 0 Å². The van der Waals surface area contributed by atoms with E-state index in [-0.39, 0.29) is 5.41 Å². The van der Waals surface area contributed by atoms with Gasteiger partial charge in [-0.15, -0.1) is 0 Å². The number of aromatic nitrogens is 4. The van der Waals surface area contributed by atoms with Crippen molar-refractivity contribution in [1.29, 1.82) is 0 Å². The van der Waals surface area contributed by atoms with E-state index >= 15 is 0 Å². The topological polar surface area (TPSA) is 55.6 Å². The van der Waals surface area contributed by atoms with E-state index < -0.39 is 0 Å². The first-order valence-corrected chi connectivity index (χ1v) is 7.82. The molecule has 6 heteroatoms. The summed E-state index contributed by atoms with van der Waals surface area (Å²) >= 11 is 1.46. The molecule has 0 radical (unpaired) electrons. The smallest absolute Gasteiger partial charge is 0.202 e. The SMILES string of the molecule is Cc1cn2c(n1)CCC(Nc1nc(C(C)(C)C)ns1)C2. The molecule has 0 amide bonds. The third-order valence-corrected chi connectivity index (χ3v) is 4.18. The highest BCUT2D eigenvalue weighted by Crippen LogP contribution is 2.25. The van der Waals surface area contributed by atoms with Crippen LogP contribution in [0, 0.1) is 6.92 Å². The van der Waals surface area contributed by atoms with Gasteiger partial charge in [-0.2, -0.15) is 4.37 Å². The molecule has 0 aromatic carbocycles. The molecule has 20 heavy (non-hydrogen) atoms. The average molecular weight is 291 g/mol. The number of fused-ring (bicyclic) bond motifs is 1. The second-order valence-corrected chi connectivity index (χ2v) is 7.26. The normalized spacial score (nSPS) is 18.9. The average Bonchev–Trinajstić information content (AvgIpc) is 2.93. The van der Waals surface area contributed by atoms with Crippen molar-refractivity contribution in [3.63, 3.8) is 0 Å². The standard InChI is InChI=1S/C14H21N5S/c1-9-7-19-8-10(5-6-11(19)15-9)16-13-17-12(18-20-13)14(2,3)4/h7,10H,5-6,8H2,1-4H3,(H,16,17,18). The van der Waals surface area contributed by atoms with Gasteiger partial charge in [-0.1, -0.05) is 20.8 Å². The lowest BCUT2D eigenvalue weighted by molar-refractivity contribution is 0.476. The number of hydrogen-bond donors (Lipinski definition) is 1. The number of imidazole rings is 1. The van der Waals surface area contributed by atoms with Gasteiger partial charge in [-0.05, 0) is 13.3 Å². The molecule has 0 spiro atoms. The van der Waals surface area contributed by atoms with Gasteiger partial charge < -0.3 is 9.88 Å². The fourth-order valence-electron chi connectivity index (χ4n) is 2.47. The van der Waals surface area contributed by atoms with Crippen LogP contribution in [0.4, 0.5) is 5.13 Å². The molecule has 0 aliphatic carbocycles. The molecule has 2 aromatic rings. The first-order chi connectivity index (χ1) is 9.41. The van der Waals surface area contributed by atoms with Crippen molar-refractivity contribution < 1.29 is 0 Å². The maximum atomic E-state index is 4.61. The summed E-state index contributed by atoms with van der Waals surface area (Å²) in [7, 11) is 0. The molecular formula is C14H21N5S. The molecule has 1 aliphatic rings. The quantitative estimate of drug-likeness (QED) is 0.924. The van der Waals surface area contributed by atoms with Crippen molar-refractivity contribution in [2.24, 2.45) is 0 Å². The Bertz CT molecular complexity index is 607. The molecule has 0 saturated carbocycles. The summed E-state index contributed by atoms with van der Waals surface area (Å²) in [6.07, 6.45) is 4.25. The van der Waals surface area contributed by atoms with Gasteiger partial charge in [0.15, 0.2) is 0 Å². The van der Waals surface area contributed by atoms with Crippen LogP contribution in [0.25, 0.3) is 0 Å². The number of aryl methyl sites for hydroxylation is 2. The van der Waals surface area contributed by atoms with E-state index in [2.05, 4.69) is 51.2 Å². The van der Waals surface area contributed by atoms with E-state index in [0.29, 0.717) is 6.04 Å². The van der Waals surface area contributed by atoms with Crippen LogP contribution in [0.5, 0.6) is 0 Å². The lowest BCUT2D eigenvalue weighted by Crippen LogP contribution is -2.31. The van der Waals surface area contributed by atoms with Crippen LogP contribution in [0.3, 0.4) is 0 Å². The molecule has 0 fully saturated rings. The van der Waals surface area contributed by atoms with Crippen LogP contribution in [0.1, 0.15) is 44.5 Å². The van der Waals surface area contributed by atoms with Crippen LogP contribution in [0.2, 0.25) is 0 Å². The highest BCUT2D eigenvalue weighted by atomic mass is 32.1. The van der Waals surface area contributed by atoms with E-state index in [1.54, 1.807) is 0 Å². The predicted molar refractivity (Wildman–Crippen MR) is 81.3 cm³/mol. The summed E-state index contributed by atoms with van der Waals surface area (Å²) in [5.74, 6) is 2.12. The summed E-state index contributed by atoms with van der Waals surface area (Å²) in [4.78, 5) is 9.15. The highest BCUT2D eigenvalue weighted by Gasteiger charge is 2.23. The number of hydrogen-bond acceptors (Lipinski definition) is 5. The molecule has 1 aliphatic heterocycles. The molecule has 0 saturated heterocycles. The van der Waals surface area contributed by atoms with E-state index in [0.717, 1.165) is 36.0 Å². The van der Waals surface area contributed by atoms with Gasteiger partial charge in [0.2, 0.25) is 5.13 Å². The molecule has 1 N–H and O–H groups in total. The van der Waals surface area contributed by atoms with Crippen LogP contribution >= 0.6 is 11.5 Å².